The lowest BCUT2D eigenvalue weighted by Gasteiger charge is -2.07. The van der Waals surface area contributed by atoms with E-state index in [9.17, 15) is 9.90 Å². The summed E-state index contributed by atoms with van der Waals surface area (Å²) < 4.78 is 0. The molecule has 108 valence electrons. The van der Waals surface area contributed by atoms with Gasteiger partial charge < -0.3 is 5.11 Å². The molecule has 0 spiro atoms. The van der Waals surface area contributed by atoms with Crippen LogP contribution in [0.1, 0.15) is 34.8 Å². The predicted molar refractivity (Wildman–Crippen MR) is 85.7 cm³/mol. The van der Waals surface area contributed by atoms with Gasteiger partial charge in [0.25, 0.3) is 0 Å². The summed E-state index contributed by atoms with van der Waals surface area (Å²) in [6.07, 6.45) is 1.43. The molecule has 2 aromatic carbocycles. The van der Waals surface area contributed by atoms with Crippen LogP contribution in [0.15, 0.2) is 53.5 Å². The molecule has 1 N–H and O–H groups in total. The third-order valence-electron chi connectivity index (χ3n) is 3.32. The lowest BCUT2D eigenvalue weighted by molar-refractivity contribution is 0.0695. The molecule has 0 aliphatic carbocycles. The van der Waals surface area contributed by atoms with Crippen LogP contribution in [0.2, 0.25) is 0 Å². The van der Waals surface area contributed by atoms with Crippen molar-refractivity contribution < 1.29 is 9.90 Å². The minimum Gasteiger partial charge on any atom is -0.478 e. The molecule has 0 aliphatic rings. The van der Waals surface area contributed by atoms with E-state index in [1.54, 1.807) is 6.07 Å². The number of aromatic carboxylic acids is 1. The number of hydrogen-bond donors (Lipinski definition) is 1. The molecule has 3 heteroatoms. The van der Waals surface area contributed by atoms with Crippen LogP contribution in [-0.4, -0.2) is 16.8 Å². The van der Waals surface area contributed by atoms with Crippen LogP contribution < -0.4 is 0 Å². The molecule has 0 amide bonds. The summed E-state index contributed by atoms with van der Waals surface area (Å²) in [5.41, 5.74) is 4.25. The number of aliphatic imine (C=N–C) groups is 1. The minimum atomic E-state index is -0.873. The highest BCUT2D eigenvalue weighted by molar-refractivity contribution is 5.90. The van der Waals surface area contributed by atoms with Gasteiger partial charge in [-0.3, -0.25) is 4.99 Å². The van der Waals surface area contributed by atoms with E-state index in [4.69, 9.17) is 0 Å². The Balaban J connectivity index is 2.11. The molecule has 0 saturated heterocycles. The van der Waals surface area contributed by atoms with E-state index in [0.29, 0.717) is 12.0 Å². The average Bonchev–Trinajstić information content (AvgIpc) is 2.46. The van der Waals surface area contributed by atoms with Gasteiger partial charge in [-0.05, 0) is 50.5 Å². The molecular formula is C18H19NO2. The highest BCUT2D eigenvalue weighted by atomic mass is 16.4. The fraction of sp³-hybridized carbons (Fsp3) is 0.222. The number of carbonyl (C=O) groups is 1. The van der Waals surface area contributed by atoms with Crippen molar-refractivity contribution in [3.8, 4) is 0 Å². The van der Waals surface area contributed by atoms with Crippen molar-refractivity contribution >= 4 is 17.4 Å². The molecule has 0 fully saturated rings. The van der Waals surface area contributed by atoms with Crippen molar-refractivity contribution in [2.45, 2.75) is 26.7 Å². The molecule has 0 aliphatic heterocycles. The lowest BCUT2D eigenvalue weighted by atomic mass is 9.99. The van der Waals surface area contributed by atoms with E-state index < -0.39 is 5.97 Å². The highest BCUT2D eigenvalue weighted by Gasteiger charge is 2.10. The van der Waals surface area contributed by atoms with Gasteiger partial charge in [-0.1, -0.05) is 35.9 Å². The summed E-state index contributed by atoms with van der Waals surface area (Å²) in [6, 6.07) is 15.2. The molecule has 0 bridgehead atoms. The zero-order valence-electron chi connectivity index (χ0n) is 12.3. The predicted octanol–water partition coefficient (Wildman–Crippen LogP) is 4.42. The van der Waals surface area contributed by atoms with Crippen LogP contribution >= 0.6 is 0 Å². The normalized spacial score (nSPS) is 11.4. The molecule has 0 aromatic heterocycles. The summed E-state index contributed by atoms with van der Waals surface area (Å²) in [5.74, 6) is -0.873. The number of para-hydroxylation sites is 1. The second-order valence-electron chi connectivity index (χ2n) is 5.15. The largest absolute Gasteiger partial charge is 0.478 e. The molecule has 0 unspecified atom stereocenters. The van der Waals surface area contributed by atoms with Crippen LogP contribution in [0.3, 0.4) is 0 Å². The minimum absolute atomic E-state index is 0.383. The molecule has 21 heavy (non-hydrogen) atoms. The van der Waals surface area contributed by atoms with Gasteiger partial charge in [0, 0.05) is 5.71 Å². The van der Waals surface area contributed by atoms with Gasteiger partial charge >= 0.3 is 5.97 Å². The molecule has 0 heterocycles. The molecule has 3 nitrogen and oxygen atoms in total. The summed E-state index contributed by atoms with van der Waals surface area (Å²) >= 11 is 0. The van der Waals surface area contributed by atoms with Gasteiger partial charge in [0.1, 0.15) is 0 Å². The monoisotopic (exact) mass is 281 g/mol. The van der Waals surface area contributed by atoms with Crippen LogP contribution in [0.4, 0.5) is 5.69 Å². The Morgan fingerprint density at radius 3 is 2.52 bits per heavy atom. The number of carboxylic acid groups (broad SMARTS) is 1. The van der Waals surface area contributed by atoms with Gasteiger partial charge in [0.05, 0.1) is 11.3 Å². The van der Waals surface area contributed by atoms with Gasteiger partial charge in [0.2, 0.25) is 0 Å². The Morgan fingerprint density at radius 2 is 1.86 bits per heavy atom. The van der Waals surface area contributed by atoms with E-state index in [0.717, 1.165) is 28.9 Å². The van der Waals surface area contributed by atoms with Crippen molar-refractivity contribution in [2.75, 3.05) is 0 Å². The van der Waals surface area contributed by atoms with Crippen molar-refractivity contribution in [1.29, 1.82) is 0 Å². The van der Waals surface area contributed by atoms with Crippen molar-refractivity contribution in [2.24, 2.45) is 4.99 Å². The van der Waals surface area contributed by atoms with Gasteiger partial charge in [-0.15, -0.1) is 0 Å². The van der Waals surface area contributed by atoms with Crippen LogP contribution in [0, 0.1) is 6.92 Å². The number of carboxylic acids is 1. The lowest BCUT2D eigenvalue weighted by Crippen LogP contribution is -2.04. The van der Waals surface area contributed by atoms with Gasteiger partial charge in [-0.25, -0.2) is 4.79 Å². The molecule has 0 saturated carbocycles. The van der Waals surface area contributed by atoms with Crippen molar-refractivity contribution in [3.05, 3.63) is 65.2 Å². The third kappa shape index (κ3) is 4.28. The molecule has 0 radical (unpaired) electrons. The average molecular weight is 281 g/mol. The second-order valence-corrected chi connectivity index (χ2v) is 5.15. The maximum Gasteiger partial charge on any atom is 0.335 e. The Hall–Kier alpha value is -2.42. The fourth-order valence-corrected chi connectivity index (χ4v) is 2.23. The van der Waals surface area contributed by atoms with Crippen molar-refractivity contribution in [3.63, 3.8) is 0 Å². The van der Waals surface area contributed by atoms with Crippen LogP contribution in [-0.2, 0) is 6.42 Å². The SMILES string of the molecule is CC(CCc1cc(C)ccc1C(=O)O)=Nc1ccccc1. The van der Waals surface area contributed by atoms with Crippen molar-refractivity contribution in [1.82, 2.24) is 0 Å². The Kier molecular flexibility index (Phi) is 4.88. The molecule has 0 atom stereocenters. The topological polar surface area (TPSA) is 49.7 Å². The Bertz CT molecular complexity index is 660. The van der Waals surface area contributed by atoms with Gasteiger partial charge in [0.15, 0.2) is 0 Å². The number of benzene rings is 2. The number of aryl methyl sites for hydroxylation is 2. The zero-order chi connectivity index (χ0) is 15.2. The highest BCUT2D eigenvalue weighted by Crippen LogP contribution is 2.16. The fourth-order valence-electron chi connectivity index (χ4n) is 2.23. The van der Waals surface area contributed by atoms with E-state index in [-0.39, 0.29) is 0 Å². The van der Waals surface area contributed by atoms with E-state index in [1.807, 2.05) is 56.3 Å². The quantitative estimate of drug-likeness (QED) is 0.825. The standard InChI is InChI=1S/C18H19NO2/c1-13-8-11-17(18(20)21)15(12-13)10-9-14(2)19-16-6-4-3-5-7-16/h3-8,11-12H,9-10H2,1-2H3,(H,20,21). The first-order valence-electron chi connectivity index (χ1n) is 6.98. The summed E-state index contributed by atoms with van der Waals surface area (Å²) in [7, 11) is 0. The van der Waals surface area contributed by atoms with E-state index in [1.165, 1.54) is 0 Å². The maximum atomic E-state index is 11.2. The van der Waals surface area contributed by atoms with E-state index in [2.05, 4.69) is 4.99 Å². The molecular weight excluding hydrogens is 262 g/mol. The summed E-state index contributed by atoms with van der Waals surface area (Å²) in [4.78, 5) is 15.8. The maximum absolute atomic E-state index is 11.2. The molecule has 2 aromatic rings. The van der Waals surface area contributed by atoms with Crippen LogP contribution in [0.5, 0.6) is 0 Å². The first-order chi connectivity index (χ1) is 10.1. The van der Waals surface area contributed by atoms with E-state index >= 15 is 0 Å². The van der Waals surface area contributed by atoms with Crippen LogP contribution in [0.25, 0.3) is 0 Å². The second kappa shape index (κ2) is 6.84. The summed E-state index contributed by atoms with van der Waals surface area (Å²) in [6.45, 7) is 3.95. The number of hydrogen-bond acceptors (Lipinski definition) is 2. The van der Waals surface area contributed by atoms with Gasteiger partial charge in [-0.2, -0.15) is 0 Å². The third-order valence-corrected chi connectivity index (χ3v) is 3.32. The smallest absolute Gasteiger partial charge is 0.335 e. The number of rotatable bonds is 5. The first-order valence-corrected chi connectivity index (χ1v) is 6.98. The molecule has 2 rings (SSSR count). The Labute approximate surface area is 125 Å². The number of nitrogens with zero attached hydrogens (tertiary/aromatic N) is 1. The first kappa shape index (κ1) is 15.0. The Morgan fingerprint density at radius 1 is 1.14 bits per heavy atom. The summed E-state index contributed by atoms with van der Waals surface area (Å²) in [5, 5.41) is 9.23. The zero-order valence-corrected chi connectivity index (χ0v) is 12.3.